The number of nitro benzene ring substituents is 1. The fourth-order valence-corrected chi connectivity index (χ4v) is 2.69. The van der Waals surface area contributed by atoms with E-state index >= 15 is 0 Å². The smallest absolute Gasteiger partial charge is 0.292 e. The maximum atomic E-state index is 11.7. The summed E-state index contributed by atoms with van der Waals surface area (Å²) in [6, 6.07) is 4.41. The monoisotopic (exact) mass is 277 g/mol. The van der Waals surface area contributed by atoms with Crippen LogP contribution in [-0.4, -0.2) is 23.4 Å². The predicted molar refractivity (Wildman–Crippen MR) is 77.0 cm³/mol. The zero-order chi connectivity index (χ0) is 14.8. The van der Waals surface area contributed by atoms with Gasteiger partial charge in [0.15, 0.2) is 0 Å². The number of nitrogens with one attached hydrogen (secondary N) is 2. The molecule has 0 radical (unpaired) electrons. The summed E-state index contributed by atoms with van der Waals surface area (Å²) in [4.78, 5) is 22.3. The summed E-state index contributed by atoms with van der Waals surface area (Å²) in [7, 11) is 1.54. The van der Waals surface area contributed by atoms with Gasteiger partial charge in [-0.1, -0.05) is 12.8 Å². The van der Waals surface area contributed by atoms with Crippen molar-refractivity contribution < 1.29 is 9.72 Å². The highest BCUT2D eigenvalue weighted by molar-refractivity contribution is 5.95. The number of benzene rings is 1. The van der Waals surface area contributed by atoms with Crippen molar-refractivity contribution in [2.24, 2.45) is 0 Å². The van der Waals surface area contributed by atoms with Gasteiger partial charge in [-0.25, -0.2) is 0 Å². The molecule has 1 amide bonds. The zero-order valence-electron chi connectivity index (χ0n) is 11.7. The van der Waals surface area contributed by atoms with Gasteiger partial charge in [-0.05, 0) is 31.9 Å². The van der Waals surface area contributed by atoms with Crippen molar-refractivity contribution in [2.75, 3.05) is 12.4 Å². The molecule has 6 heteroatoms. The highest BCUT2D eigenvalue weighted by atomic mass is 16.6. The molecule has 2 N–H and O–H groups in total. The van der Waals surface area contributed by atoms with Crippen molar-refractivity contribution in [1.29, 1.82) is 0 Å². The third-order valence-electron chi connectivity index (χ3n) is 3.83. The summed E-state index contributed by atoms with van der Waals surface area (Å²) >= 11 is 0. The Labute approximate surface area is 117 Å². The quantitative estimate of drug-likeness (QED) is 0.654. The van der Waals surface area contributed by atoms with Crippen LogP contribution in [0.3, 0.4) is 0 Å². The Kier molecular flexibility index (Phi) is 3.92. The van der Waals surface area contributed by atoms with Crippen molar-refractivity contribution in [2.45, 2.75) is 38.1 Å². The first-order valence-corrected chi connectivity index (χ1v) is 6.74. The first-order chi connectivity index (χ1) is 9.45. The van der Waals surface area contributed by atoms with E-state index in [4.69, 9.17) is 0 Å². The summed E-state index contributed by atoms with van der Waals surface area (Å²) < 4.78 is 0. The predicted octanol–water partition coefficient (Wildman–Crippen LogP) is 2.70. The van der Waals surface area contributed by atoms with Crippen LogP contribution >= 0.6 is 0 Å². The third-order valence-corrected chi connectivity index (χ3v) is 3.83. The molecule has 1 aromatic carbocycles. The topological polar surface area (TPSA) is 84.3 Å². The molecule has 108 valence electrons. The lowest BCUT2D eigenvalue weighted by Gasteiger charge is -2.26. The van der Waals surface area contributed by atoms with Crippen molar-refractivity contribution in [3.05, 3.63) is 33.9 Å². The molecule has 1 aliphatic rings. The summed E-state index contributed by atoms with van der Waals surface area (Å²) in [5.41, 5.74) is 0.708. The molecule has 0 atom stereocenters. The number of nitrogens with zero attached hydrogens (tertiary/aromatic N) is 1. The summed E-state index contributed by atoms with van der Waals surface area (Å²) in [5.74, 6) is -0.250. The summed E-state index contributed by atoms with van der Waals surface area (Å²) in [6.07, 6.45) is 4.20. The molecule has 1 aromatic rings. The number of rotatable bonds is 4. The van der Waals surface area contributed by atoms with Crippen LogP contribution in [0, 0.1) is 10.1 Å². The lowest BCUT2D eigenvalue weighted by molar-refractivity contribution is -0.384. The van der Waals surface area contributed by atoms with Crippen molar-refractivity contribution >= 4 is 17.3 Å². The molecule has 1 aliphatic carbocycles. The average Bonchev–Trinajstić information content (AvgIpc) is 2.83. The van der Waals surface area contributed by atoms with Gasteiger partial charge in [0.25, 0.3) is 11.6 Å². The van der Waals surface area contributed by atoms with E-state index in [0.29, 0.717) is 11.3 Å². The van der Waals surface area contributed by atoms with Crippen LogP contribution in [0.5, 0.6) is 0 Å². The molecule has 1 fully saturated rings. The van der Waals surface area contributed by atoms with Gasteiger partial charge in [-0.15, -0.1) is 0 Å². The van der Waals surface area contributed by atoms with Crippen molar-refractivity contribution in [1.82, 2.24) is 5.32 Å². The van der Waals surface area contributed by atoms with Crippen LogP contribution in [0.1, 0.15) is 43.0 Å². The van der Waals surface area contributed by atoms with Gasteiger partial charge in [0.2, 0.25) is 0 Å². The lowest BCUT2D eigenvalue weighted by atomic mass is 9.99. The first-order valence-electron chi connectivity index (χ1n) is 6.74. The standard InChI is InChI=1S/C14H19N3O3/c1-14(7-3-4-8-14)16-11-9-10(13(18)15-2)5-6-12(11)17(19)20/h5-6,9,16H,3-4,7-8H2,1-2H3,(H,15,18). The molecule has 0 aromatic heterocycles. The molecule has 0 bridgehead atoms. The molecule has 2 rings (SSSR count). The van der Waals surface area contributed by atoms with E-state index in [1.54, 1.807) is 6.07 Å². The third kappa shape index (κ3) is 2.89. The second-order valence-electron chi connectivity index (χ2n) is 5.46. The van der Waals surface area contributed by atoms with E-state index in [-0.39, 0.29) is 17.1 Å². The van der Waals surface area contributed by atoms with Crippen LogP contribution in [0.4, 0.5) is 11.4 Å². The van der Waals surface area contributed by atoms with Gasteiger partial charge in [-0.2, -0.15) is 0 Å². The van der Waals surface area contributed by atoms with E-state index in [1.165, 1.54) is 19.2 Å². The van der Waals surface area contributed by atoms with Crippen LogP contribution in [-0.2, 0) is 0 Å². The Bertz CT molecular complexity index is 536. The van der Waals surface area contributed by atoms with Crippen LogP contribution in [0.15, 0.2) is 18.2 Å². The van der Waals surface area contributed by atoms with E-state index in [1.807, 2.05) is 0 Å². The normalized spacial score (nSPS) is 16.7. The largest absolute Gasteiger partial charge is 0.374 e. The number of anilines is 1. The number of hydrogen-bond donors (Lipinski definition) is 2. The molecule has 6 nitrogen and oxygen atoms in total. The lowest BCUT2D eigenvalue weighted by Crippen LogP contribution is -2.31. The fourth-order valence-electron chi connectivity index (χ4n) is 2.69. The molecule has 0 aliphatic heterocycles. The van der Waals surface area contributed by atoms with E-state index < -0.39 is 4.92 Å². The minimum Gasteiger partial charge on any atom is -0.374 e. The summed E-state index contributed by atoms with van der Waals surface area (Å²) in [6.45, 7) is 2.07. The Balaban J connectivity index is 2.36. The zero-order valence-corrected chi connectivity index (χ0v) is 11.7. The number of hydrogen-bond acceptors (Lipinski definition) is 4. The first kappa shape index (κ1) is 14.3. The second kappa shape index (κ2) is 5.48. The minimum atomic E-state index is -0.422. The highest BCUT2D eigenvalue weighted by Gasteiger charge is 2.30. The second-order valence-corrected chi connectivity index (χ2v) is 5.46. The molecule has 0 saturated heterocycles. The average molecular weight is 277 g/mol. The van der Waals surface area contributed by atoms with E-state index in [0.717, 1.165) is 25.7 Å². The number of nitro groups is 1. The maximum Gasteiger partial charge on any atom is 0.292 e. The van der Waals surface area contributed by atoms with E-state index in [9.17, 15) is 14.9 Å². The van der Waals surface area contributed by atoms with Crippen LogP contribution in [0.2, 0.25) is 0 Å². The molecular weight excluding hydrogens is 258 g/mol. The molecule has 0 spiro atoms. The Morgan fingerprint density at radius 2 is 2.00 bits per heavy atom. The van der Waals surface area contributed by atoms with Gasteiger partial charge in [0.05, 0.1) is 4.92 Å². The molecule has 0 unspecified atom stereocenters. The maximum absolute atomic E-state index is 11.7. The minimum absolute atomic E-state index is 0.00535. The van der Waals surface area contributed by atoms with Crippen LogP contribution < -0.4 is 10.6 Å². The summed E-state index contributed by atoms with van der Waals surface area (Å²) in [5, 5.41) is 16.9. The van der Waals surface area contributed by atoms with Crippen molar-refractivity contribution in [3.63, 3.8) is 0 Å². The molecule has 0 heterocycles. The van der Waals surface area contributed by atoms with Gasteiger partial charge in [0.1, 0.15) is 5.69 Å². The molecular formula is C14H19N3O3. The van der Waals surface area contributed by atoms with E-state index in [2.05, 4.69) is 17.6 Å². The van der Waals surface area contributed by atoms with Gasteiger partial charge in [-0.3, -0.25) is 14.9 Å². The Morgan fingerprint density at radius 3 is 2.55 bits per heavy atom. The Hall–Kier alpha value is -2.11. The van der Waals surface area contributed by atoms with Gasteiger partial charge in [0, 0.05) is 24.2 Å². The van der Waals surface area contributed by atoms with Gasteiger partial charge >= 0.3 is 0 Å². The molecule has 1 saturated carbocycles. The van der Waals surface area contributed by atoms with Crippen LogP contribution in [0.25, 0.3) is 0 Å². The van der Waals surface area contributed by atoms with Crippen molar-refractivity contribution in [3.8, 4) is 0 Å². The fraction of sp³-hybridized carbons (Fsp3) is 0.500. The Morgan fingerprint density at radius 1 is 1.35 bits per heavy atom. The number of carbonyl (C=O) groups is 1. The number of carbonyl (C=O) groups excluding carboxylic acids is 1. The molecule has 20 heavy (non-hydrogen) atoms. The SMILES string of the molecule is CNC(=O)c1ccc([N+](=O)[O-])c(NC2(C)CCCC2)c1. The van der Waals surface area contributed by atoms with Gasteiger partial charge < -0.3 is 10.6 Å². The number of amides is 1. The highest BCUT2D eigenvalue weighted by Crippen LogP contribution is 2.36.